The predicted octanol–water partition coefficient (Wildman–Crippen LogP) is 4.92. The average Bonchev–Trinajstić information content (AvgIpc) is 3.19. The van der Waals surface area contributed by atoms with Crippen molar-refractivity contribution < 1.29 is 4.74 Å². The van der Waals surface area contributed by atoms with E-state index in [4.69, 9.17) is 14.8 Å². The minimum absolute atomic E-state index is 0.816. The molecule has 0 fully saturated rings. The number of hydrogen-bond donors (Lipinski definition) is 0. The molecule has 0 saturated carbocycles. The van der Waals surface area contributed by atoms with E-state index in [0.29, 0.717) is 0 Å². The van der Waals surface area contributed by atoms with E-state index in [1.807, 2.05) is 53.0 Å². The molecule has 0 unspecified atom stereocenters. The van der Waals surface area contributed by atoms with E-state index < -0.39 is 0 Å². The Morgan fingerprint density at radius 2 is 1.61 bits per heavy atom. The highest BCUT2D eigenvalue weighted by Crippen LogP contribution is 2.28. The summed E-state index contributed by atoms with van der Waals surface area (Å²) in [5, 5.41) is 4.87. The molecule has 0 aliphatic carbocycles. The molecule has 5 nitrogen and oxygen atoms in total. The zero-order valence-corrected chi connectivity index (χ0v) is 16.5. The molecule has 0 amide bonds. The molecule has 2 aromatic heterocycles. The van der Waals surface area contributed by atoms with E-state index >= 15 is 0 Å². The van der Waals surface area contributed by atoms with Crippen LogP contribution >= 0.6 is 0 Å². The van der Waals surface area contributed by atoms with Gasteiger partial charge < -0.3 is 9.64 Å². The largest absolute Gasteiger partial charge is 0.497 e. The number of aromatic nitrogens is 3. The molecule has 2 heterocycles. The number of hydrogen-bond acceptors (Lipinski definition) is 4. The van der Waals surface area contributed by atoms with Crippen molar-refractivity contribution in [3.63, 3.8) is 0 Å². The van der Waals surface area contributed by atoms with Gasteiger partial charge in [0.15, 0.2) is 5.65 Å². The van der Waals surface area contributed by atoms with Crippen molar-refractivity contribution in [2.24, 2.45) is 0 Å². The first kappa shape index (κ1) is 18.0. The second-order valence-corrected chi connectivity index (χ2v) is 6.57. The van der Waals surface area contributed by atoms with Crippen LogP contribution in [0.4, 0.5) is 5.82 Å². The summed E-state index contributed by atoms with van der Waals surface area (Å²) in [5.74, 6) is 1.86. The third-order valence-electron chi connectivity index (χ3n) is 4.93. The Balaban J connectivity index is 1.91. The first-order chi connectivity index (χ1) is 13.7. The van der Waals surface area contributed by atoms with Crippen molar-refractivity contribution >= 4 is 11.5 Å². The van der Waals surface area contributed by atoms with Gasteiger partial charge in [0.1, 0.15) is 11.6 Å². The molecule has 5 heteroatoms. The zero-order valence-electron chi connectivity index (χ0n) is 16.5. The molecule has 0 radical (unpaired) electrons. The maximum absolute atomic E-state index is 5.37. The standard InChI is InChI=1S/C23H24N4O/c1-4-26(5-2)23-16-20(17-10-7-6-8-11-17)24-22-15-21(25-27(22)23)18-12-9-13-19(14-18)28-3/h6-16H,4-5H2,1-3H3. The lowest BCUT2D eigenvalue weighted by molar-refractivity contribution is 0.415. The Bertz CT molecular complexity index is 1080. The molecule has 0 saturated heterocycles. The molecule has 0 bridgehead atoms. The van der Waals surface area contributed by atoms with Gasteiger partial charge in [-0.05, 0) is 26.0 Å². The molecule has 0 spiro atoms. The molecule has 0 atom stereocenters. The third-order valence-corrected chi connectivity index (χ3v) is 4.93. The smallest absolute Gasteiger partial charge is 0.158 e. The summed E-state index contributed by atoms with van der Waals surface area (Å²) < 4.78 is 7.30. The van der Waals surface area contributed by atoms with Gasteiger partial charge in [-0.1, -0.05) is 42.5 Å². The van der Waals surface area contributed by atoms with E-state index in [1.165, 1.54) is 0 Å². The number of anilines is 1. The number of fused-ring (bicyclic) bond motifs is 1. The lowest BCUT2D eigenvalue weighted by Crippen LogP contribution is -2.24. The Hall–Kier alpha value is -3.34. The molecule has 0 aliphatic rings. The topological polar surface area (TPSA) is 42.7 Å². The summed E-state index contributed by atoms with van der Waals surface area (Å²) in [7, 11) is 1.68. The van der Waals surface area contributed by atoms with Crippen molar-refractivity contribution in [2.45, 2.75) is 13.8 Å². The van der Waals surface area contributed by atoms with Crippen molar-refractivity contribution in [1.29, 1.82) is 0 Å². The van der Waals surface area contributed by atoms with Crippen LogP contribution in [-0.2, 0) is 0 Å². The fourth-order valence-corrected chi connectivity index (χ4v) is 3.41. The van der Waals surface area contributed by atoms with Crippen LogP contribution in [0.5, 0.6) is 5.75 Å². The molecular formula is C23H24N4O. The SMILES string of the molecule is CCN(CC)c1cc(-c2ccccc2)nc2cc(-c3cccc(OC)c3)nn12. The highest BCUT2D eigenvalue weighted by atomic mass is 16.5. The third kappa shape index (κ3) is 3.31. The van der Waals surface area contributed by atoms with Gasteiger partial charge in [0, 0.05) is 36.3 Å². The Kier molecular flexibility index (Phi) is 4.98. The first-order valence-electron chi connectivity index (χ1n) is 9.59. The van der Waals surface area contributed by atoms with E-state index in [9.17, 15) is 0 Å². The maximum atomic E-state index is 5.37. The van der Waals surface area contributed by atoms with E-state index in [-0.39, 0.29) is 0 Å². The van der Waals surface area contributed by atoms with Crippen molar-refractivity contribution in [3.8, 4) is 28.3 Å². The second kappa shape index (κ2) is 7.72. The second-order valence-electron chi connectivity index (χ2n) is 6.57. The lowest BCUT2D eigenvalue weighted by atomic mass is 10.1. The van der Waals surface area contributed by atoms with E-state index in [0.717, 1.165) is 52.8 Å². The van der Waals surface area contributed by atoms with E-state index in [2.05, 4.69) is 36.9 Å². The Labute approximate surface area is 165 Å². The predicted molar refractivity (Wildman–Crippen MR) is 114 cm³/mol. The summed E-state index contributed by atoms with van der Waals surface area (Å²) in [5.41, 5.74) is 4.78. The number of rotatable bonds is 6. The minimum atomic E-state index is 0.816. The number of ether oxygens (including phenoxy) is 1. The molecule has 0 aliphatic heterocycles. The molecule has 142 valence electrons. The van der Waals surface area contributed by atoms with Crippen LogP contribution in [0.25, 0.3) is 28.2 Å². The Morgan fingerprint density at radius 3 is 2.32 bits per heavy atom. The van der Waals surface area contributed by atoms with Crippen molar-refractivity contribution in [3.05, 3.63) is 66.7 Å². The number of nitrogens with zero attached hydrogens (tertiary/aromatic N) is 4. The quantitative estimate of drug-likeness (QED) is 0.482. The van der Waals surface area contributed by atoms with Crippen LogP contribution in [-0.4, -0.2) is 34.8 Å². The van der Waals surface area contributed by atoms with Gasteiger partial charge in [-0.2, -0.15) is 9.61 Å². The highest BCUT2D eigenvalue weighted by molar-refractivity contribution is 5.71. The summed E-state index contributed by atoms with van der Waals surface area (Å²) in [6.07, 6.45) is 0. The van der Waals surface area contributed by atoms with Crippen LogP contribution in [0, 0.1) is 0 Å². The number of methoxy groups -OCH3 is 1. The fourth-order valence-electron chi connectivity index (χ4n) is 3.41. The van der Waals surface area contributed by atoms with Crippen LogP contribution in [0.15, 0.2) is 66.7 Å². The summed E-state index contributed by atoms with van der Waals surface area (Å²) in [6, 6.07) is 22.4. The normalized spacial score (nSPS) is 11.0. The van der Waals surface area contributed by atoms with Crippen molar-refractivity contribution in [2.75, 3.05) is 25.1 Å². The molecule has 4 aromatic rings. The zero-order chi connectivity index (χ0) is 19.5. The van der Waals surface area contributed by atoms with Gasteiger partial charge >= 0.3 is 0 Å². The molecule has 4 rings (SSSR count). The van der Waals surface area contributed by atoms with Gasteiger partial charge in [0.05, 0.1) is 18.5 Å². The lowest BCUT2D eigenvalue weighted by Gasteiger charge is -2.22. The van der Waals surface area contributed by atoms with Gasteiger partial charge in [-0.25, -0.2) is 4.98 Å². The first-order valence-corrected chi connectivity index (χ1v) is 9.59. The maximum Gasteiger partial charge on any atom is 0.158 e. The van der Waals surface area contributed by atoms with Crippen LogP contribution in [0.3, 0.4) is 0 Å². The van der Waals surface area contributed by atoms with Gasteiger partial charge in [-0.3, -0.25) is 0 Å². The van der Waals surface area contributed by atoms with Gasteiger partial charge in [-0.15, -0.1) is 0 Å². The number of benzene rings is 2. The Morgan fingerprint density at radius 1 is 0.857 bits per heavy atom. The fraction of sp³-hybridized carbons (Fsp3) is 0.217. The van der Waals surface area contributed by atoms with Crippen LogP contribution in [0.2, 0.25) is 0 Å². The molecule has 0 N–H and O–H groups in total. The highest BCUT2D eigenvalue weighted by Gasteiger charge is 2.15. The van der Waals surface area contributed by atoms with Crippen molar-refractivity contribution in [1.82, 2.24) is 14.6 Å². The average molecular weight is 372 g/mol. The van der Waals surface area contributed by atoms with E-state index in [1.54, 1.807) is 7.11 Å². The van der Waals surface area contributed by atoms with Gasteiger partial charge in [0.25, 0.3) is 0 Å². The summed E-state index contributed by atoms with van der Waals surface area (Å²) in [6.45, 7) is 6.12. The van der Waals surface area contributed by atoms with Crippen LogP contribution < -0.4 is 9.64 Å². The molecule has 2 aromatic carbocycles. The summed E-state index contributed by atoms with van der Waals surface area (Å²) in [4.78, 5) is 7.18. The minimum Gasteiger partial charge on any atom is -0.497 e. The van der Waals surface area contributed by atoms with Crippen LogP contribution in [0.1, 0.15) is 13.8 Å². The summed E-state index contributed by atoms with van der Waals surface area (Å²) >= 11 is 0. The molecule has 28 heavy (non-hydrogen) atoms. The monoisotopic (exact) mass is 372 g/mol. The molecular weight excluding hydrogens is 348 g/mol. The van der Waals surface area contributed by atoms with Gasteiger partial charge in [0.2, 0.25) is 0 Å².